The monoisotopic (exact) mass is 319 g/mol. The van der Waals surface area contributed by atoms with Crippen LogP contribution in [0.2, 0.25) is 0 Å². The Bertz CT molecular complexity index is 701. The number of ether oxygens (including phenoxy) is 1. The second-order valence-corrected chi connectivity index (χ2v) is 5.21. The maximum absolute atomic E-state index is 12.8. The second-order valence-electron chi connectivity index (χ2n) is 5.21. The van der Waals surface area contributed by atoms with Crippen molar-refractivity contribution in [2.24, 2.45) is 0 Å². The predicted octanol–water partition coefficient (Wildman–Crippen LogP) is 4.57. The van der Waals surface area contributed by atoms with Crippen LogP contribution in [0.5, 0.6) is 5.75 Å². The third kappa shape index (κ3) is 3.86. The van der Waals surface area contributed by atoms with Crippen LogP contribution in [0.3, 0.4) is 0 Å². The van der Waals surface area contributed by atoms with Crippen LogP contribution in [0, 0.1) is 13.8 Å². The number of carbonyl (C=O) groups is 1. The van der Waals surface area contributed by atoms with Gasteiger partial charge in [0.2, 0.25) is 0 Å². The van der Waals surface area contributed by atoms with E-state index in [4.69, 9.17) is 0 Å². The van der Waals surface area contributed by atoms with E-state index in [2.05, 4.69) is 4.74 Å². The number of halogens is 2. The highest BCUT2D eigenvalue weighted by atomic mass is 19.3. The molecule has 2 aromatic carbocycles. The maximum atomic E-state index is 12.8. The number of nitrogens with zero attached hydrogens (tertiary/aromatic N) is 1. The van der Waals surface area contributed by atoms with Crippen molar-refractivity contribution in [3.05, 3.63) is 59.2 Å². The fraction of sp³-hybridized carbons (Fsp3) is 0.278. The van der Waals surface area contributed by atoms with E-state index >= 15 is 0 Å². The standard InChI is InChI=1S/C18H19F2NO2/c1-4-21(15-11-12(2)9-10-13(15)3)17(22)14-7-5-6-8-16(14)23-18(19)20/h5-11,18H,4H2,1-3H3. The third-order valence-corrected chi connectivity index (χ3v) is 3.55. The number of alkyl halides is 2. The van der Waals surface area contributed by atoms with E-state index < -0.39 is 6.61 Å². The minimum absolute atomic E-state index is 0.115. The zero-order valence-electron chi connectivity index (χ0n) is 13.3. The van der Waals surface area contributed by atoms with Crippen molar-refractivity contribution in [2.75, 3.05) is 11.4 Å². The van der Waals surface area contributed by atoms with Crippen LogP contribution >= 0.6 is 0 Å². The first-order valence-electron chi connectivity index (χ1n) is 7.37. The molecular weight excluding hydrogens is 300 g/mol. The lowest BCUT2D eigenvalue weighted by atomic mass is 10.1. The molecule has 0 heterocycles. The average molecular weight is 319 g/mol. The summed E-state index contributed by atoms with van der Waals surface area (Å²) in [5.74, 6) is -0.478. The molecule has 1 amide bonds. The van der Waals surface area contributed by atoms with E-state index in [0.29, 0.717) is 6.54 Å². The molecule has 0 atom stereocenters. The highest BCUT2D eigenvalue weighted by Gasteiger charge is 2.22. The minimum atomic E-state index is -2.97. The Hall–Kier alpha value is -2.43. The molecule has 0 aromatic heterocycles. The van der Waals surface area contributed by atoms with E-state index in [-0.39, 0.29) is 17.2 Å². The SMILES string of the molecule is CCN(C(=O)c1ccccc1OC(F)F)c1cc(C)ccc1C. The molecule has 0 saturated heterocycles. The number of amides is 1. The molecular formula is C18H19F2NO2. The van der Waals surface area contributed by atoms with E-state index in [1.54, 1.807) is 17.0 Å². The van der Waals surface area contributed by atoms with Gasteiger partial charge in [0.1, 0.15) is 5.75 Å². The summed E-state index contributed by atoms with van der Waals surface area (Å²) in [5, 5.41) is 0. The molecule has 0 N–H and O–H groups in total. The fourth-order valence-corrected chi connectivity index (χ4v) is 2.42. The van der Waals surface area contributed by atoms with Crippen LogP contribution < -0.4 is 9.64 Å². The highest BCUT2D eigenvalue weighted by Crippen LogP contribution is 2.27. The Balaban J connectivity index is 2.43. The number of anilines is 1. The second kappa shape index (κ2) is 7.22. The zero-order chi connectivity index (χ0) is 17.0. The largest absolute Gasteiger partial charge is 0.434 e. The van der Waals surface area contributed by atoms with Crippen molar-refractivity contribution < 1.29 is 18.3 Å². The van der Waals surface area contributed by atoms with Crippen LogP contribution in [0.15, 0.2) is 42.5 Å². The van der Waals surface area contributed by atoms with Crippen LogP contribution in [0.25, 0.3) is 0 Å². The predicted molar refractivity (Wildman–Crippen MR) is 86.3 cm³/mol. The highest BCUT2D eigenvalue weighted by molar-refractivity contribution is 6.08. The molecule has 0 bridgehead atoms. The van der Waals surface area contributed by atoms with Gasteiger partial charge in [-0.25, -0.2) is 0 Å². The number of para-hydroxylation sites is 1. The van der Waals surface area contributed by atoms with Gasteiger partial charge in [-0.15, -0.1) is 0 Å². The third-order valence-electron chi connectivity index (χ3n) is 3.55. The Kier molecular flexibility index (Phi) is 5.32. The van der Waals surface area contributed by atoms with Crippen LogP contribution in [-0.4, -0.2) is 19.1 Å². The topological polar surface area (TPSA) is 29.5 Å². The quantitative estimate of drug-likeness (QED) is 0.808. The lowest BCUT2D eigenvalue weighted by Gasteiger charge is -2.24. The van der Waals surface area contributed by atoms with Crippen molar-refractivity contribution in [3.8, 4) is 5.75 Å². The van der Waals surface area contributed by atoms with E-state index in [0.717, 1.165) is 16.8 Å². The zero-order valence-corrected chi connectivity index (χ0v) is 13.3. The lowest BCUT2D eigenvalue weighted by Crippen LogP contribution is -2.31. The molecule has 2 rings (SSSR count). The van der Waals surface area contributed by atoms with Gasteiger partial charge in [0.05, 0.1) is 5.56 Å². The molecule has 0 aliphatic rings. The Morgan fingerprint density at radius 2 is 1.87 bits per heavy atom. The number of carbonyl (C=O) groups excluding carboxylic acids is 1. The summed E-state index contributed by atoms with van der Waals surface area (Å²) in [5.41, 5.74) is 2.85. The van der Waals surface area contributed by atoms with Crippen molar-refractivity contribution in [2.45, 2.75) is 27.4 Å². The molecule has 0 fully saturated rings. The normalized spacial score (nSPS) is 10.7. The summed E-state index contributed by atoms with van der Waals surface area (Å²) in [6.45, 7) is 3.14. The summed E-state index contributed by atoms with van der Waals surface area (Å²) in [4.78, 5) is 14.4. The summed E-state index contributed by atoms with van der Waals surface area (Å²) >= 11 is 0. The maximum Gasteiger partial charge on any atom is 0.387 e. The van der Waals surface area contributed by atoms with Gasteiger partial charge in [-0.1, -0.05) is 24.3 Å². The van der Waals surface area contributed by atoms with Gasteiger partial charge in [0.15, 0.2) is 0 Å². The van der Waals surface area contributed by atoms with Crippen molar-refractivity contribution in [3.63, 3.8) is 0 Å². The molecule has 0 spiro atoms. The summed E-state index contributed by atoms with van der Waals surface area (Å²) < 4.78 is 29.5. The molecule has 122 valence electrons. The van der Waals surface area contributed by atoms with Crippen LogP contribution in [-0.2, 0) is 0 Å². The van der Waals surface area contributed by atoms with Gasteiger partial charge in [-0.2, -0.15) is 8.78 Å². The van der Waals surface area contributed by atoms with Crippen LogP contribution in [0.1, 0.15) is 28.4 Å². The number of hydrogen-bond donors (Lipinski definition) is 0. The smallest absolute Gasteiger partial charge is 0.387 e. The van der Waals surface area contributed by atoms with Crippen molar-refractivity contribution in [1.82, 2.24) is 0 Å². The average Bonchev–Trinajstić information content (AvgIpc) is 2.51. The van der Waals surface area contributed by atoms with Gasteiger partial charge in [-0.3, -0.25) is 4.79 Å². The molecule has 2 aromatic rings. The summed E-state index contributed by atoms with van der Waals surface area (Å²) in [6, 6.07) is 11.9. The first-order chi connectivity index (χ1) is 10.9. The van der Waals surface area contributed by atoms with Crippen LogP contribution in [0.4, 0.5) is 14.5 Å². The molecule has 0 unspecified atom stereocenters. The summed E-state index contributed by atoms with van der Waals surface area (Å²) in [6.07, 6.45) is 0. The Morgan fingerprint density at radius 3 is 2.52 bits per heavy atom. The number of aryl methyl sites for hydroxylation is 2. The van der Waals surface area contributed by atoms with E-state index in [1.165, 1.54) is 12.1 Å². The Labute approximate surface area is 134 Å². The van der Waals surface area contributed by atoms with Gasteiger partial charge in [-0.05, 0) is 50.1 Å². The van der Waals surface area contributed by atoms with Gasteiger partial charge >= 0.3 is 6.61 Å². The molecule has 0 radical (unpaired) electrons. The first-order valence-corrected chi connectivity index (χ1v) is 7.37. The molecule has 0 saturated carbocycles. The first kappa shape index (κ1) is 16.9. The van der Waals surface area contributed by atoms with E-state index in [1.807, 2.05) is 39.0 Å². The van der Waals surface area contributed by atoms with Gasteiger partial charge in [0.25, 0.3) is 5.91 Å². The fourth-order valence-electron chi connectivity index (χ4n) is 2.42. The van der Waals surface area contributed by atoms with E-state index in [9.17, 15) is 13.6 Å². The van der Waals surface area contributed by atoms with Crippen molar-refractivity contribution in [1.29, 1.82) is 0 Å². The number of rotatable bonds is 5. The molecule has 23 heavy (non-hydrogen) atoms. The van der Waals surface area contributed by atoms with Crippen molar-refractivity contribution >= 4 is 11.6 Å². The lowest BCUT2D eigenvalue weighted by molar-refractivity contribution is -0.0501. The Morgan fingerprint density at radius 1 is 1.17 bits per heavy atom. The molecule has 3 nitrogen and oxygen atoms in total. The molecule has 0 aliphatic carbocycles. The minimum Gasteiger partial charge on any atom is -0.434 e. The molecule has 0 aliphatic heterocycles. The summed E-state index contributed by atoms with van der Waals surface area (Å²) in [7, 11) is 0. The number of hydrogen-bond acceptors (Lipinski definition) is 2. The number of benzene rings is 2. The van der Waals surface area contributed by atoms with Gasteiger partial charge < -0.3 is 9.64 Å². The van der Waals surface area contributed by atoms with Gasteiger partial charge in [0, 0.05) is 12.2 Å². The molecule has 5 heteroatoms.